The van der Waals surface area contributed by atoms with Gasteiger partial charge in [-0.15, -0.1) is 0 Å². The number of hydrogen-bond donors (Lipinski definition) is 1. The Balaban J connectivity index is 1.36. The Bertz CT molecular complexity index is 688. The molecule has 4 rings (SSSR count). The summed E-state index contributed by atoms with van der Waals surface area (Å²) in [5.74, 6) is -0.0439. The number of imidazole rings is 1. The lowest BCUT2D eigenvalue weighted by Gasteiger charge is -2.32. The molecule has 2 fully saturated rings. The fraction of sp³-hybridized carbons (Fsp3) is 0.800. The van der Waals surface area contributed by atoms with Gasteiger partial charge in [0, 0.05) is 38.9 Å². The van der Waals surface area contributed by atoms with E-state index in [1.54, 1.807) is 0 Å². The molecule has 26 heavy (non-hydrogen) atoms. The molecule has 0 saturated heterocycles. The predicted octanol–water partition coefficient (Wildman–Crippen LogP) is 2.25. The summed E-state index contributed by atoms with van der Waals surface area (Å²) in [5.41, 5.74) is 8.67. The van der Waals surface area contributed by atoms with E-state index in [0.29, 0.717) is 16.7 Å². The second kappa shape index (κ2) is 6.64. The molecular formula is C20H32N4O2. The SMILES string of the molecule is CCOCC12CCC(CCN3CCc4c(nc(C(N)=O)n4C)C3)(CC1)C2. The number of primary amides is 1. The molecule has 0 aromatic carbocycles. The van der Waals surface area contributed by atoms with Crippen LogP contribution in [0.15, 0.2) is 0 Å². The summed E-state index contributed by atoms with van der Waals surface area (Å²) >= 11 is 0. The van der Waals surface area contributed by atoms with Crippen LogP contribution >= 0.6 is 0 Å². The normalized spacial score (nSPS) is 30.7. The third-order valence-corrected chi connectivity index (χ3v) is 7.25. The highest BCUT2D eigenvalue weighted by atomic mass is 16.5. The smallest absolute Gasteiger partial charge is 0.284 e. The standard InChI is InChI=1S/C20H32N4O2/c1-3-26-14-20-7-5-19(13-20,6-8-20)9-11-24-10-4-16-15(12-24)22-18(17(21)25)23(16)2/h3-14H2,1-2H3,(H2,21,25). The number of ether oxygens (including phenoxy) is 1. The van der Waals surface area contributed by atoms with Crippen LogP contribution < -0.4 is 5.73 Å². The van der Waals surface area contributed by atoms with Crippen molar-refractivity contribution < 1.29 is 9.53 Å². The van der Waals surface area contributed by atoms with Crippen LogP contribution in [0.4, 0.5) is 0 Å². The van der Waals surface area contributed by atoms with E-state index >= 15 is 0 Å². The molecule has 2 heterocycles. The van der Waals surface area contributed by atoms with Crippen LogP contribution in [0.25, 0.3) is 0 Å². The Labute approximate surface area is 156 Å². The number of rotatable bonds is 7. The van der Waals surface area contributed by atoms with E-state index in [0.717, 1.165) is 45.0 Å². The zero-order valence-electron chi connectivity index (χ0n) is 16.2. The quantitative estimate of drug-likeness (QED) is 0.809. The van der Waals surface area contributed by atoms with E-state index in [1.165, 1.54) is 44.2 Å². The Hall–Kier alpha value is -1.40. The molecule has 2 N–H and O–H groups in total. The summed E-state index contributed by atoms with van der Waals surface area (Å²) in [6.07, 6.45) is 9.02. The molecule has 6 nitrogen and oxygen atoms in total. The summed E-state index contributed by atoms with van der Waals surface area (Å²) in [6.45, 7) is 6.91. The molecule has 6 heteroatoms. The second-order valence-corrected chi connectivity index (χ2v) is 8.84. The van der Waals surface area contributed by atoms with Crippen LogP contribution in [0.3, 0.4) is 0 Å². The van der Waals surface area contributed by atoms with E-state index < -0.39 is 5.91 Å². The maximum Gasteiger partial charge on any atom is 0.284 e. The Morgan fingerprint density at radius 1 is 1.27 bits per heavy atom. The second-order valence-electron chi connectivity index (χ2n) is 8.84. The van der Waals surface area contributed by atoms with Gasteiger partial charge >= 0.3 is 0 Å². The van der Waals surface area contributed by atoms with Gasteiger partial charge in [-0.1, -0.05) is 0 Å². The van der Waals surface area contributed by atoms with Crippen LogP contribution in [-0.4, -0.2) is 46.7 Å². The van der Waals surface area contributed by atoms with Gasteiger partial charge < -0.3 is 15.0 Å². The number of carbonyl (C=O) groups excluding carboxylic acids is 1. The van der Waals surface area contributed by atoms with Gasteiger partial charge in [0.2, 0.25) is 0 Å². The van der Waals surface area contributed by atoms with Crippen LogP contribution in [0, 0.1) is 10.8 Å². The maximum atomic E-state index is 11.5. The molecule has 0 spiro atoms. The lowest BCUT2D eigenvalue weighted by Crippen LogP contribution is -2.34. The monoisotopic (exact) mass is 360 g/mol. The number of fused-ring (bicyclic) bond motifs is 3. The summed E-state index contributed by atoms with van der Waals surface area (Å²) in [4.78, 5) is 18.5. The Morgan fingerprint density at radius 3 is 2.69 bits per heavy atom. The highest BCUT2D eigenvalue weighted by molar-refractivity contribution is 5.89. The molecule has 2 bridgehead atoms. The number of nitrogens with zero attached hydrogens (tertiary/aromatic N) is 3. The van der Waals surface area contributed by atoms with E-state index in [2.05, 4.69) is 16.8 Å². The highest BCUT2D eigenvalue weighted by Crippen LogP contribution is 2.63. The Morgan fingerprint density at radius 2 is 2.00 bits per heavy atom. The molecule has 1 aromatic heterocycles. The lowest BCUT2D eigenvalue weighted by molar-refractivity contribution is 0.0560. The van der Waals surface area contributed by atoms with Crippen molar-refractivity contribution in [1.82, 2.24) is 14.5 Å². The van der Waals surface area contributed by atoms with Crippen LogP contribution in [0.2, 0.25) is 0 Å². The topological polar surface area (TPSA) is 73.4 Å². The fourth-order valence-electron chi connectivity index (χ4n) is 5.70. The van der Waals surface area contributed by atoms with Crippen molar-refractivity contribution >= 4 is 5.91 Å². The number of carbonyl (C=O) groups is 1. The maximum absolute atomic E-state index is 11.5. The van der Waals surface area contributed by atoms with E-state index in [-0.39, 0.29) is 0 Å². The first kappa shape index (κ1) is 18.0. The van der Waals surface area contributed by atoms with E-state index in [4.69, 9.17) is 10.5 Å². The van der Waals surface area contributed by atoms with Gasteiger partial charge in [-0.05, 0) is 62.8 Å². The van der Waals surface area contributed by atoms with Gasteiger partial charge in [0.15, 0.2) is 5.82 Å². The third-order valence-electron chi connectivity index (χ3n) is 7.25. The molecule has 1 aromatic rings. The average molecular weight is 361 g/mol. The minimum absolute atomic E-state index is 0.391. The van der Waals surface area contributed by atoms with E-state index in [1.807, 2.05) is 11.6 Å². The number of nitrogens with two attached hydrogens (primary N) is 1. The van der Waals surface area contributed by atoms with Crippen molar-refractivity contribution in [2.75, 3.05) is 26.3 Å². The molecule has 0 unspecified atom stereocenters. The largest absolute Gasteiger partial charge is 0.381 e. The van der Waals surface area contributed by atoms with Gasteiger partial charge in [0.1, 0.15) is 0 Å². The van der Waals surface area contributed by atoms with Gasteiger partial charge in [0.05, 0.1) is 12.3 Å². The Kier molecular flexibility index (Phi) is 4.59. The van der Waals surface area contributed by atoms with Gasteiger partial charge in [0.25, 0.3) is 5.91 Å². The molecule has 2 saturated carbocycles. The first-order chi connectivity index (χ1) is 12.5. The van der Waals surface area contributed by atoms with E-state index in [9.17, 15) is 4.79 Å². The minimum Gasteiger partial charge on any atom is -0.381 e. The summed E-state index contributed by atoms with van der Waals surface area (Å²) in [6, 6.07) is 0. The lowest BCUT2D eigenvalue weighted by atomic mass is 9.80. The summed E-state index contributed by atoms with van der Waals surface area (Å²) in [7, 11) is 1.90. The first-order valence-corrected chi connectivity index (χ1v) is 10.1. The molecule has 0 atom stereocenters. The molecule has 1 aliphatic heterocycles. The van der Waals surface area contributed by atoms with Gasteiger partial charge in [-0.3, -0.25) is 9.69 Å². The van der Waals surface area contributed by atoms with Crippen molar-refractivity contribution in [3.8, 4) is 0 Å². The molecular weight excluding hydrogens is 328 g/mol. The molecule has 144 valence electrons. The summed E-state index contributed by atoms with van der Waals surface area (Å²) in [5, 5.41) is 0. The molecule has 2 aliphatic carbocycles. The average Bonchev–Trinajstić information content (AvgIpc) is 3.29. The number of aromatic nitrogens is 2. The number of hydrogen-bond acceptors (Lipinski definition) is 4. The van der Waals surface area contributed by atoms with Crippen LogP contribution in [0.1, 0.15) is 67.5 Å². The zero-order valence-corrected chi connectivity index (χ0v) is 16.2. The highest BCUT2D eigenvalue weighted by Gasteiger charge is 2.53. The molecule has 3 aliphatic rings. The van der Waals surface area contributed by atoms with Crippen molar-refractivity contribution in [2.45, 2.75) is 58.4 Å². The third kappa shape index (κ3) is 3.07. The fourth-order valence-corrected chi connectivity index (χ4v) is 5.70. The molecule has 1 amide bonds. The number of amides is 1. The van der Waals surface area contributed by atoms with Crippen LogP contribution in [-0.2, 0) is 24.8 Å². The molecule has 0 radical (unpaired) electrons. The van der Waals surface area contributed by atoms with Crippen molar-refractivity contribution in [3.05, 3.63) is 17.2 Å². The minimum atomic E-state index is -0.435. The summed E-state index contributed by atoms with van der Waals surface area (Å²) < 4.78 is 7.67. The van der Waals surface area contributed by atoms with Gasteiger partial charge in [-0.2, -0.15) is 0 Å². The predicted molar refractivity (Wildman–Crippen MR) is 99.8 cm³/mol. The zero-order chi connectivity index (χ0) is 18.4. The van der Waals surface area contributed by atoms with Gasteiger partial charge in [-0.25, -0.2) is 4.98 Å². The first-order valence-electron chi connectivity index (χ1n) is 10.1. The van der Waals surface area contributed by atoms with Crippen molar-refractivity contribution in [2.24, 2.45) is 23.6 Å². The van der Waals surface area contributed by atoms with Crippen LogP contribution in [0.5, 0.6) is 0 Å². The van der Waals surface area contributed by atoms with Crippen molar-refractivity contribution in [1.29, 1.82) is 0 Å². The van der Waals surface area contributed by atoms with Crippen molar-refractivity contribution in [3.63, 3.8) is 0 Å².